The van der Waals surface area contributed by atoms with E-state index >= 15 is 0 Å². The summed E-state index contributed by atoms with van der Waals surface area (Å²) in [6.07, 6.45) is 0. The molecule has 0 spiro atoms. The van der Waals surface area contributed by atoms with Gasteiger partial charge in [0.1, 0.15) is 5.82 Å². The highest BCUT2D eigenvalue weighted by Gasteiger charge is 2.25. The molecule has 0 aliphatic carbocycles. The molecule has 1 fully saturated rings. The third kappa shape index (κ3) is 5.46. The van der Waals surface area contributed by atoms with E-state index in [2.05, 4.69) is 5.32 Å². The van der Waals surface area contributed by atoms with E-state index in [4.69, 9.17) is 23.2 Å². The lowest BCUT2D eigenvalue weighted by molar-refractivity contribution is -0.131. The average molecular weight is 438 g/mol. The molecule has 0 bridgehead atoms. The number of halogens is 3. The topological polar surface area (TPSA) is 69.7 Å². The largest absolute Gasteiger partial charge is 0.343 e. The Morgan fingerprint density at radius 2 is 1.41 bits per heavy atom. The summed E-state index contributed by atoms with van der Waals surface area (Å²) in [5, 5.41) is 3.29. The number of nitrogens with one attached hydrogen (secondary N) is 1. The van der Waals surface area contributed by atoms with Gasteiger partial charge in [0.2, 0.25) is 5.91 Å². The van der Waals surface area contributed by atoms with Gasteiger partial charge in [-0.1, -0.05) is 23.2 Å². The van der Waals surface area contributed by atoms with E-state index in [0.29, 0.717) is 41.8 Å². The van der Waals surface area contributed by atoms with E-state index in [-0.39, 0.29) is 23.9 Å². The molecule has 1 heterocycles. The van der Waals surface area contributed by atoms with Crippen LogP contribution in [0.1, 0.15) is 20.7 Å². The van der Waals surface area contributed by atoms with E-state index in [1.165, 1.54) is 24.3 Å². The number of carbonyl (C=O) groups is 3. The van der Waals surface area contributed by atoms with Gasteiger partial charge in [0, 0.05) is 47.4 Å². The van der Waals surface area contributed by atoms with Crippen molar-refractivity contribution in [3.05, 3.63) is 69.5 Å². The van der Waals surface area contributed by atoms with Gasteiger partial charge in [-0.25, -0.2) is 4.39 Å². The second-order valence-electron chi connectivity index (χ2n) is 6.52. The smallest absolute Gasteiger partial charge is 0.254 e. The lowest BCUT2D eigenvalue weighted by Gasteiger charge is -2.35. The molecule has 1 aliphatic heterocycles. The normalized spacial score (nSPS) is 13.9. The van der Waals surface area contributed by atoms with E-state index in [1.54, 1.807) is 28.0 Å². The highest BCUT2D eigenvalue weighted by molar-refractivity contribution is 6.35. The zero-order valence-corrected chi connectivity index (χ0v) is 16.8. The van der Waals surface area contributed by atoms with Crippen molar-refractivity contribution in [1.29, 1.82) is 0 Å². The van der Waals surface area contributed by atoms with Crippen molar-refractivity contribution in [2.45, 2.75) is 0 Å². The van der Waals surface area contributed by atoms with Crippen molar-refractivity contribution >= 4 is 40.9 Å². The molecular formula is C20H18Cl2FN3O3. The van der Waals surface area contributed by atoms with Gasteiger partial charge >= 0.3 is 0 Å². The summed E-state index contributed by atoms with van der Waals surface area (Å²) in [7, 11) is 0. The van der Waals surface area contributed by atoms with Crippen molar-refractivity contribution in [2.24, 2.45) is 0 Å². The molecule has 1 aliphatic rings. The van der Waals surface area contributed by atoms with Crippen molar-refractivity contribution < 1.29 is 18.8 Å². The molecule has 0 aromatic heterocycles. The number of rotatable bonds is 4. The van der Waals surface area contributed by atoms with Crippen LogP contribution < -0.4 is 5.32 Å². The molecule has 0 unspecified atom stereocenters. The molecule has 2 aromatic rings. The van der Waals surface area contributed by atoms with Crippen LogP contribution in [0.5, 0.6) is 0 Å². The molecule has 29 heavy (non-hydrogen) atoms. The number of carbonyl (C=O) groups excluding carboxylic acids is 3. The van der Waals surface area contributed by atoms with Crippen LogP contribution in [0.3, 0.4) is 0 Å². The minimum Gasteiger partial charge on any atom is -0.343 e. The Balaban J connectivity index is 1.49. The van der Waals surface area contributed by atoms with Crippen molar-refractivity contribution in [3.8, 4) is 0 Å². The Morgan fingerprint density at radius 3 is 2.00 bits per heavy atom. The molecule has 0 saturated carbocycles. The van der Waals surface area contributed by atoms with Gasteiger partial charge in [0.05, 0.1) is 6.54 Å². The first kappa shape index (κ1) is 21.1. The Labute approximate surface area is 177 Å². The van der Waals surface area contributed by atoms with Crippen LogP contribution >= 0.6 is 23.2 Å². The third-order valence-corrected chi connectivity index (χ3v) is 4.97. The Bertz CT molecular complexity index is 909. The van der Waals surface area contributed by atoms with Crippen LogP contribution in [-0.4, -0.2) is 60.2 Å². The summed E-state index contributed by atoms with van der Waals surface area (Å²) >= 11 is 11.9. The number of amides is 3. The summed E-state index contributed by atoms with van der Waals surface area (Å²) in [6.45, 7) is 1.26. The Morgan fingerprint density at radius 1 is 0.862 bits per heavy atom. The second kappa shape index (κ2) is 9.24. The third-order valence-electron chi connectivity index (χ3n) is 4.54. The van der Waals surface area contributed by atoms with Crippen LogP contribution in [0, 0.1) is 5.82 Å². The minimum atomic E-state index is -0.454. The SMILES string of the molecule is O=C(NCC(=O)N1CCN(C(=O)c2cc(Cl)cc(Cl)c2)CC1)c1ccc(F)cc1. The lowest BCUT2D eigenvalue weighted by Crippen LogP contribution is -2.52. The quantitative estimate of drug-likeness (QED) is 0.799. The highest BCUT2D eigenvalue weighted by Crippen LogP contribution is 2.20. The van der Waals surface area contributed by atoms with Gasteiger partial charge in [-0.05, 0) is 42.5 Å². The molecule has 1 saturated heterocycles. The molecule has 2 aromatic carbocycles. The molecule has 0 radical (unpaired) electrons. The van der Waals surface area contributed by atoms with Crippen molar-refractivity contribution in [1.82, 2.24) is 15.1 Å². The highest BCUT2D eigenvalue weighted by atomic mass is 35.5. The van der Waals surface area contributed by atoms with Gasteiger partial charge in [-0.2, -0.15) is 0 Å². The number of hydrogen-bond donors (Lipinski definition) is 1. The average Bonchev–Trinajstić information content (AvgIpc) is 2.71. The van der Waals surface area contributed by atoms with E-state index < -0.39 is 11.7 Å². The van der Waals surface area contributed by atoms with Crippen LogP contribution in [0.2, 0.25) is 10.0 Å². The predicted octanol–water partition coefficient (Wildman–Crippen LogP) is 2.85. The zero-order chi connectivity index (χ0) is 21.0. The van der Waals surface area contributed by atoms with Crippen LogP contribution in [-0.2, 0) is 4.79 Å². The Kier molecular flexibility index (Phi) is 6.71. The zero-order valence-electron chi connectivity index (χ0n) is 15.3. The van der Waals surface area contributed by atoms with Crippen LogP contribution in [0.4, 0.5) is 4.39 Å². The van der Waals surface area contributed by atoms with Gasteiger partial charge < -0.3 is 15.1 Å². The maximum absolute atomic E-state index is 12.9. The second-order valence-corrected chi connectivity index (χ2v) is 7.39. The summed E-state index contributed by atoms with van der Waals surface area (Å²) in [5.74, 6) is -1.35. The molecule has 3 amide bonds. The number of hydrogen-bond acceptors (Lipinski definition) is 3. The van der Waals surface area contributed by atoms with Crippen molar-refractivity contribution in [2.75, 3.05) is 32.7 Å². The molecular weight excluding hydrogens is 420 g/mol. The van der Waals surface area contributed by atoms with Gasteiger partial charge in [-0.15, -0.1) is 0 Å². The van der Waals surface area contributed by atoms with E-state index in [1.807, 2.05) is 0 Å². The number of benzene rings is 2. The molecule has 1 N–H and O–H groups in total. The fourth-order valence-electron chi connectivity index (χ4n) is 2.99. The van der Waals surface area contributed by atoms with Crippen LogP contribution in [0.25, 0.3) is 0 Å². The first-order chi connectivity index (χ1) is 13.8. The standard InChI is InChI=1S/C20H18Cl2FN3O3/c21-15-9-14(10-16(22)11-15)20(29)26-7-5-25(6-8-26)18(27)12-24-19(28)13-1-3-17(23)4-2-13/h1-4,9-11H,5-8,12H2,(H,24,28). The predicted molar refractivity (Wildman–Crippen MR) is 108 cm³/mol. The molecule has 152 valence electrons. The summed E-state index contributed by atoms with van der Waals surface area (Å²) in [6, 6.07) is 9.72. The maximum atomic E-state index is 12.9. The van der Waals surface area contributed by atoms with Gasteiger partial charge in [-0.3, -0.25) is 14.4 Å². The fourth-order valence-corrected chi connectivity index (χ4v) is 3.52. The number of nitrogens with zero attached hydrogens (tertiary/aromatic N) is 2. The lowest BCUT2D eigenvalue weighted by atomic mass is 10.1. The summed E-state index contributed by atoms with van der Waals surface area (Å²) in [4.78, 5) is 40.2. The summed E-state index contributed by atoms with van der Waals surface area (Å²) in [5.41, 5.74) is 0.670. The first-order valence-electron chi connectivity index (χ1n) is 8.90. The molecule has 3 rings (SSSR count). The maximum Gasteiger partial charge on any atom is 0.254 e. The van der Waals surface area contributed by atoms with Crippen LogP contribution in [0.15, 0.2) is 42.5 Å². The van der Waals surface area contributed by atoms with Gasteiger partial charge in [0.25, 0.3) is 11.8 Å². The van der Waals surface area contributed by atoms with E-state index in [0.717, 1.165) is 0 Å². The fraction of sp³-hybridized carbons (Fsp3) is 0.250. The molecule has 9 heteroatoms. The minimum absolute atomic E-state index is 0.173. The molecule has 0 atom stereocenters. The van der Waals surface area contributed by atoms with Gasteiger partial charge in [0.15, 0.2) is 0 Å². The summed E-state index contributed by atoms with van der Waals surface area (Å²) < 4.78 is 12.9. The first-order valence-corrected chi connectivity index (χ1v) is 9.66. The molecule has 6 nitrogen and oxygen atoms in total. The number of piperazine rings is 1. The van der Waals surface area contributed by atoms with E-state index in [9.17, 15) is 18.8 Å². The Hall–Kier alpha value is -2.64. The monoisotopic (exact) mass is 437 g/mol. The van der Waals surface area contributed by atoms with Crippen molar-refractivity contribution in [3.63, 3.8) is 0 Å².